The summed E-state index contributed by atoms with van der Waals surface area (Å²) in [5.41, 5.74) is 3.03. The fourth-order valence-electron chi connectivity index (χ4n) is 3.00. The summed E-state index contributed by atoms with van der Waals surface area (Å²) in [6.45, 7) is 6.23. The minimum atomic E-state index is 0.651. The quantitative estimate of drug-likeness (QED) is 0.784. The summed E-state index contributed by atoms with van der Waals surface area (Å²) in [5, 5.41) is 0. The van der Waals surface area contributed by atoms with Crippen molar-refractivity contribution >= 4 is 0 Å². The molecule has 1 aromatic rings. The summed E-state index contributed by atoms with van der Waals surface area (Å²) in [6.07, 6.45) is 1.18. The number of hydrogen-bond donors (Lipinski definition) is 0. The summed E-state index contributed by atoms with van der Waals surface area (Å²) in [5.74, 6) is 0. The van der Waals surface area contributed by atoms with Crippen molar-refractivity contribution in [2.75, 3.05) is 39.9 Å². The Morgan fingerprint density at radius 2 is 1.89 bits per heavy atom. The largest absolute Gasteiger partial charge is 0.379 e. The SMILES string of the molecule is CN1Cc2ccccc2C[C@H]1CN1CCOCC1. The van der Waals surface area contributed by atoms with Crippen molar-refractivity contribution in [3.63, 3.8) is 0 Å². The van der Waals surface area contributed by atoms with Crippen LogP contribution in [0.2, 0.25) is 0 Å². The van der Waals surface area contributed by atoms with Gasteiger partial charge in [0, 0.05) is 32.2 Å². The van der Waals surface area contributed by atoms with E-state index in [-0.39, 0.29) is 0 Å². The first-order valence-electron chi connectivity index (χ1n) is 6.90. The topological polar surface area (TPSA) is 15.7 Å². The second-order valence-corrected chi connectivity index (χ2v) is 5.45. The lowest BCUT2D eigenvalue weighted by Gasteiger charge is -2.38. The minimum absolute atomic E-state index is 0.651. The molecule has 0 radical (unpaired) electrons. The van der Waals surface area contributed by atoms with Crippen molar-refractivity contribution in [1.29, 1.82) is 0 Å². The van der Waals surface area contributed by atoms with Gasteiger partial charge >= 0.3 is 0 Å². The summed E-state index contributed by atoms with van der Waals surface area (Å²) in [4.78, 5) is 5.04. The van der Waals surface area contributed by atoms with E-state index in [0.717, 1.165) is 32.8 Å². The zero-order chi connectivity index (χ0) is 12.4. The van der Waals surface area contributed by atoms with Crippen molar-refractivity contribution in [2.24, 2.45) is 0 Å². The van der Waals surface area contributed by atoms with Crippen LogP contribution in [0.4, 0.5) is 0 Å². The summed E-state index contributed by atoms with van der Waals surface area (Å²) < 4.78 is 5.42. The molecule has 0 aliphatic carbocycles. The molecule has 3 nitrogen and oxygen atoms in total. The summed E-state index contributed by atoms with van der Waals surface area (Å²) in [7, 11) is 2.25. The highest BCUT2D eigenvalue weighted by atomic mass is 16.5. The minimum Gasteiger partial charge on any atom is -0.379 e. The first-order valence-corrected chi connectivity index (χ1v) is 6.90. The van der Waals surface area contributed by atoms with Crippen LogP contribution in [0.25, 0.3) is 0 Å². The number of likely N-dealkylation sites (N-methyl/N-ethyl adjacent to an activating group) is 1. The van der Waals surface area contributed by atoms with E-state index in [1.165, 1.54) is 24.1 Å². The van der Waals surface area contributed by atoms with E-state index in [1.807, 2.05) is 0 Å². The molecule has 1 fully saturated rings. The van der Waals surface area contributed by atoms with Crippen LogP contribution in [0.5, 0.6) is 0 Å². The van der Waals surface area contributed by atoms with Gasteiger partial charge in [0.2, 0.25) is 0 Å². The average Bonchev–Trinajstić information content (AvgIpc) is 2.41. The van der Waals surface area contributed by atoms with Gasteiger partial charge < -0.3 is 4.74 Å². The Bertz CT molecular complexity index is 401. The molecule has 18 heavy (non-hydrogen) atoms. The van der Waals surface area contributed by atoms with E-state index in [4.69, 9.17) is 4.74 Å². The van der Waals surface area contributed by atoms with E-state index in [1.54, 1.807) is 0 Å². The van der Waals surface area contributed by atoms with Gasteiger partial charge in [-0.25, -0.2) is 0 Å². The third kappa shape index (κ3) is 2.58. The molecule has 0 bridgehead atoms. The average molecular weight is 246 g/mol. The van der Waals surface area contributed by atoms with Crippen LogP contribution in [0.15, 0.2) is 24.3 Å². The molecule has 3 heteroatoms. The molecule has 0 aromatic heterocycles. The highest BCUT2D eigenvalue weighted by Gasteiger charge is 2.25. The van der Waals surface area contributed by atoms with E-state index >= 15 is 0 Å². The number of fused-ring (bicyclic) bond motifs is 1. The molecule has 1 saturated heterocycles. The molecule has 2 aliphatic heterocycles. The highest BCUT2D eigenvalue weighted by Crippen LogP contribution is 2.22. The molecule has 0 unspecified atom stereocenters. The number of morpholine rings is 1. The number of ether oxygens (including phenoxy) is 1. The Hall–Kier alpha value is -0.900. The van der Waals surface area contributed by atoms with E-state index in [0.29, 0.717) is 6.04 Å². The molecule has 2 heterocycles. The fraction of sp³-hybridized carbons (Fsp3) is 0.600. The van der Waals surface area contributed by atoms with Crippen molar-refractivity contribution in [3.8, 4) is 0 Å². The summed E-state index contributed by atoms with van der Waals surface area (Å²) >= 11 is 0. The predicted molar refractivity (Wildman–Crippen MR) is 72.7 cm³/mol. The molecule has 0 spiro atoms. The number of benzene rings is 1. The van der Waals surface area contributed by atoms with Gasteiger partial charge in [-0.05, 0) is 24.6 Å². The maximum absolute atomic E-state index is 5.42. The molecule has 3 rings (SSSR count). The van der Waals surface area contributed by atoms with Crippen LogP contribution in [0.1, 0.15) is 11.1 Å². The van der Waals surface area contributed by atoms with Crippen LogP contribution >= 0.6 is 0 Å². The van der Waals surface area contributed by atoms with Gasteiger partial charge in [-0.15, -0.1) is 0 Å². The monoisotopic (exact) mass is 246 g/mol. The Kier molecular flexibility index (Phi) is 3.64. The van der Waals surface area contributed by atoms with Crippen molar-refractivity contribution < 1.29 is 4.74 Å². The first-order chi connectivity index (χ1) is 8.83. The van der Waals surface area contributed by atoms with Crippen LogP contribution in [-0.2, 0) is 17.7 Å². The van der Waals surface area contributed by atoms with Gasteiger partial charge in [0.05, 0.1) is 13.2 Å². The van der Waals surface area contributed by atoms with Gasteiger partial charge in [0.15, 0.2) is 0 Å². The van der Waals surface area contributed by atoms with Crippen molar-refractivity contribution in [1.82, 2.24) is 9.80 Å². The maximum atomic E-state index is 5.42. The number of rotatable bonds is 2. The Morgan fingerprint density at radius 3 is 2.67 bits per heavy atom. The van der Waals surface area contributed by atoms with Crippen LogP contribution in [0.3, 0.4) is 0 Å². The van der Waals surface area contributed by atoms with E-state index < -0.39 is 0 Å². The van der Waals surface area contributed by atoms with Gasteiger partial charge in [-0.3, -0.25) is 9.80 Å². The highest BCUT2D eigenvalue weighted by molar-refractivity contribution is 5.30. The van der Waals surface area contributed by atoms with Gasteiger partial charge in [-0.1, -0.05) is 24.3 Å². The standard InChI is InChI=1S/C15H22N2O/c1-16-11-14-5-3-2-4-13(14)10-15(16)12-17-6-8-18-9-7-17/h2-5,15H,6-12H2,1H3/t15-/m0/s1. The van der Waals surface area contributed by atoms with Gasteiger partial charge in [0.25, 0.3) is 0 Å². The third-order valence-electron chi connectivity index (χ3n) is 4.19. The molecule has 1 aromatic carbocycles. The Labute approximate surface area is 109 Å². The van der Waals surface area contributed by atoms with Gasteiger partial charge in [-0.2, -0.15) is 0 Å². The molecule has 98 valence electrons. The second-order valence-electron chi connectivity index (χ2n) is 5.45. The normalized spacial score (nSPS) is 25.9. The summed E-state index contributed by atoms with van der Waals surface area (Å²) in [6, 6.07) is 9.51. The van der Waals surface area contributed by atoms with Crippen LogP contribution < -0.4 is 0 Å². The number of nitrogens with zero attached hydrogens (tertiary/aromatic N) is 2. The van der Waals surface area contributed by atoms with Crippen LogP contribution in [0, 0.1) is 0 Å². The predicted octanol–water partition coefficient (Wildman–Crippen LogP) is 1.38. The molecule has 0 N–H and O–H groups in total. The second kappa shape index (κ2) is 5.39. The fourth-order valence-corrected chi connectivity index (χ4v) is 3.00. The smallest absolute Gasteiger partial charge is 0.0594 e. The maximum Gasteiger partial charge on any atom is 0.0594 e. The lowest BCUT2D eigenvalue weighted by molar-refractivity contribution is 0.0231. The lowest BCUT2D eigenvalue weighted by Crippen LogP contribution is -2.48. The molecule has 1 atom stereocenters. The van der Waals surface area contributed by atoms with Crippen molar-refractivity contribution in [3.05, 3.63) is 35.4 Å². The van der Waals surface area contributed by atoms with Crippen molar-refractivity contribution in [2.45, 2.75) is 19.0 Å². The van der Waals surface area contributed by atoms with E-state index in [2.05, 4.69) is 41.1 Å². The van der Waals surface area contributed by atoms with E-state index in [9.17, 15) is 0 Å². The third-order valence-corrected chi connectivity index (χ3v) is 4.19. The molecule has 0 saturated carbocycles. The first kappa shape index (κ1) is 12.2. The lowest BCUT2D eigenvalue weighted by atomic mass is 9.94. The zero-order valence-corrected chi connectivity index (χ0v) is 11.1. The van der Waals surface area contributed by atoms with Crippen LogP contribution in [-0.4, -0.2) is 55.7 Å². The Balaban J connectivity index is 1.66. The molecular weight excluding hydrogens is 224 g/mol. The number of hydrogen-bond acceptors (Lipinski definition) is 3. The van der Waals surface area contributed by atoms with Gasteiger partial charge in [0.1, 0.15) is 0 Å². The zero-order valence-electron chi connectivity index (χ0n) is 11.1. The molecule has 0 amide bonds. The Morgan fingerprint density at radius 1 is 1.17 bits per heavy atom. The molecular formula is C15H22N2O. The molecule has 2 aliphatic rings.